The number of hydrogen-bond acceptors (Lipinski definition) is 4. The van der Waals surface area contributed by atoms with Crippen molar-refractivity contribution in [2.24, 2.45) is 5.41 Å². The molecule has 0 saturated carbocycles. The van der Waals surface area contributed by atoms with Gasteiger partial charge in [-0.15, -0.1) is 0 Å². The van der Waals surface area contributed by atoms with Crippen LogP contribution < -0.4 is 0 Å². The van der Waals surface area contributed by atoms with Crippen molar-refractivity contribution < 1.29 is 19.1 Å². The Morgan fingerprint density at radius 2 is 1.22 bits per heavy atom. The third-order valence-electron chi connectivity index (χ3n) is 2.79. The molecule has 2 unspecified atom stereocenters. The maximum atomic E-state index is 11.8. The molecular weight excluding hydrogens is 259 g/mol. The topological polar surface area (TPSA) is 52.6 Å². The zero-order valence-corrected chi connectivity index (χ0v) is 11.7. The van der Waals surface area contributed by atoms with E-state index in [4.69, 9.17) is 9.47 Å². The van der Waals surface area contributed by atoms with E-state index in [0.29, 0.717) is 0 Å². The van der Waals surface area contributed by atoms with Crippen LogP contribution in [0.25, 0.3) is 0 Å². The SMILES string of the molecule is CCC(C)OC(=O)C(C)(C)C(=O)OC(C)CC.[KH]. The number of carbonyl (C=O) groups is 2. The quantitative estimate of drug-likeness (QED) is 0.425. The van der Waals surface area contributed by atoms with Gasteiger partial charge in [0, 0.05) is 0 Å². The van der Waals surface area contributed by atoms with E-state index in [1.807, 2.05) is 13.8 Å². The van der Waals surface area contributed by atoms with Gasteiger partial charge in [0.2, 0.25) is 0 Å². The summed E-state index contributed by atoms with van der Waals surface area (Å²) in [6, 6.07) is 0. The van der Waals surface area contributed by atoms with E-state index >= 15 is 0 Å². The summed E-state index contributed by atoms with van der Waals surface area (Å²) in [6.45, 7) is 10.5. The molecule has 2 atom stereocenters. The average Bonchev–Trinajstić information content (AvgIpc) is 2.28. The second-order valence-corrected chi connectivity index (χ2v) is 4.87. The molecule has 0 aliphatic rings. The molecular formula is C13H25KO4. The molecule has 0 amide bonds. The van der Waals surface area contributed by atoms with Crippen molar-refractivity contribution in [3.05, 3.63) is 0 Å². The van der Waals surface area contributed by atoms with Gasteiger partial charge in [-0.25, -0.2) is 0 Å². The molecule has 5 heteroatoms. The summed E-state index contributed by atoms with van der Waals surface area (Å²) in [7, 11) is 0. The Morgan fingerprint density at radius 3 is 1.44 bits per heavy atom. The molecule has 0 heterocycles. The van der Waals surface area contributed by atoms with Crippen molar-refractivity contribution in [2.75, 3.05) is 0 Å². The molecule has 0 aromatic rings. The monoisotopic (exact) mass is 284 g/mol. The van der Waals surface area contributed by atoms with Crippen LogP contribution >= 0.6 is 0 Å². The molecule has 0 spiro atoms. The molecule has 0 saturated heterocycles. The molecule has 18 heavy (non-hydrogen) atoms. The fraction of sp³-hybridized carbons (Fsp3) is 0.846. The number of ether oxygens (including phenoxy) is 2. The molecule has 102 valence electrons. The summed E-state index contributed by atoms with van der Waals surface area (Å²) in [5.74, 6) is -1.06. The first kappa shape index (κ1) is 20.9. The number of rotatable bonds is 6. The summed E-state index contributed by atoms with van der Waals surface area (Å²) in [4.78, 5) is 23.6. The summed E-state index contributed by atoms with van der Waals surface area (Å²) < 4.78 is 10.3. The third-order valence-corrected chi connectivity index (χ3v) is 2.79. The molecule has 0 N–H and O–H groups in total. The molecule has 0 aliphatic heterocycles. The molecule has 0 rings (SSSR count). The van der Waals surface area contributed by atoms with E-state index in [-0.39, 0.29) is 63.6 Å². The van der Waals surface area contributed by atoms with Crippen LogP contribution in [0.15, 0.2) is 0 Å². The Kier molecular flexibility index (Phi) is 11.0. The Hall–Kier alpha value is 0.576. The minimum atomic E-state index is -1.24. The number of hydrogen-bond donors (Lipinski definition) is 0. The van der Waals surface area contributed by atoms with Crippen LogP contribution in [0.4, 0.5) is 0 Å². The first-order valence-corrected chi connectivity index (χ1v) is 6.17. The molecule has 4 nitrogen and oxygen atoms in total. The molecule has 0 aromatic carbocycles. The van der Waals surface area contributed by atoms with Gasteiger partial charge < -0.3 is 9.47 Å². The van der Waals surface area contributed by atoms with Crippen molar-refractivity contribution in [1.82, 2.24) is 0 Å². The molecule has 0 aromatic heterocycles. The van der Waals surface area contributed by atoms with Crippen LogP contribution in [-0.2, 0) is 19.1 Å². The van der Waals surface area contributed by atoms with Gasteiger partial charge >= 0.3 is 63.3 Å². The van der Waals surface area contributed by atoms with Crippen LogP contribution in [0.3, 0.4) is 0 Å². The zero-order chi connectivity index (χ0) is 13.6. The number of esters is 2. The summed E-state index contributed by atoms with van der Waals surface area (Å²) >= 11 is 0. The van der Waals surface area contributed by atoms with Gasteiger partial charge in [0.15, 0.2) is 5.41 Å². The van der Waals surface area contributed by atoms with Gasteiger partial charge in [-0.3, -0.25) is 9.59 Å². The van der Waals surface area contributed by atoms with Gasteiger partial charge in [0.25, 0.3) is 0 Å². The van der Waals surface area contributed by atoms with E-state index in [1.165, 1.54) is 13.8 Å². The van der Waals surface area contributed by atoms with Gasteiger partial charge in [-0.05, 0) is 40.5 Å². The van der Waals surface area contributed by atoms with E-state index in [9.17, 15) is 9.59 Å². The molecule has 0 radical (unpaired) electrons. The fourth-order valence-electron chi connectivity index (χ4n) is 0.910. The molecule has 0 bridgehead atoms. The molecule has 0 fully saturated rings. The zero-order valence-electron chi connectivity index (χ0n) is 11.7. The van der Waals surface area contributed by atoms with Crippen LogP contribution in [0.2, 0.25) is 0 Å². The van der Waals surface area contributed by atoms with Crippen LogP contribution in [0.1, 0.15) is 54.4 Å². The van der Waals surface area contributed by atoms with Crippen molar-refractivity contribution in [3.63, 3.8) is 0 Å². The fourth-order valence-corrected chi connectivity index (χ4v) is 0.910. The van der Waals surface area contributed by atoms with Crippen molar-refractivity contribution in [2.45, 2.75) is 66.6 Å². The van der Waals surface area contributed by atoms with E-state index < -0.39 is 17.4 Å². The minimum absolute atomic E-state index is 0. The summed E-state index contributed by atoms with van der Waals surface area (Å²) in [5, 5.41) is 0. The van der Waals surface area contributed by atoms with Gasteiger partial charge in [0.1, 0.15) is 0 Å². The predicted octanol–water partition coefficient (Wildman–Crippen LogP) is 2.05. The van der Waals surface area contributed by atoms with Gasteiger partial charge in [-0.1, -0.05) is 13.8 Å². The maximum absolute atomic E-state index is 11.8. The van der Waals surface area contributed by atoms with Crippen molar-refractivity contribution >= 4 is 63.3 Å². The Bertz CT molecular complexity index is 250. The van der Waals surface area contributed by atoms with E-state index in [1.54, 1.807) is 13.8 Å². The molecule has 0 aliphatic carbocycles. The van der Waals surface area contributed by atoms with Gasteiger partial charge in [-0.2, -0.15) is 0 Å². The second kappa shape index (κ2) is 9.48. The van der Waals surface area contributed by atoms with E-state index in [2.05, 4.69) is 0 Å². The summed E-state index contributed by atoms with van der Waals surface area (Å²) in [6.07, 6.45) is 1.08. The first-order chi connectivity index (χ1) is 7.75. The van der Waals surface area contributed by atoms with Crippen LogP contribution in [0.5, 0.6) is 0 Å². The summed E-state index contributed by atoms with van der Waals surface area (Å²) in [5.41, 5.74) is -1.24. The standard InChI is InChI=1S/C13H24O4.K.H/c1-7-9(3)16-11(14)13(5,6)12(15)17-10(4)8-2;;/h9-10H,7-8H2,1-6H3;;. The normalized spacial score (nSPS) is 14.1. The van der Waals surface area contributed by atoms with Crippen molar-refractivity contribution in [3.8, 4) is 0 Å². The Morgan fingerprint density at radius 1 is 0.944 bits per heavy atom. The number of carbonyl (C=O) groups excluding carboxylic acids is 2. The third kappa shape index (κ3) is 6.66. The van der Waals surface area contributed by atoms with Crippen LogP contribution in [0, 0.1) is 5.41 Å². The second-order valence-electron chi connectivity index (χ2n) is 4.87. The Labute approximate surface area is 153 Å². The average molecular weight is 284 g/mol. The van der Waals surface area contributed by atoms with Crippen LogP contribution in [-0.4, -0.2) is 75.5 Å². The van der Waals surface area contributed by atoms with Gasteiger partial charge in [0.05, 0.1) is 12.2 Å². The Balaban J connectivity index is 0. The predicted molar refractivity (Wildman–Crippen MR) is 72.6 cm³/mol. The first-order valence-electron chi connectivity index (χ1n) is 6.17. The van der Waals surface area contributed by atoms with Crippen molar-refractivity contribution in [1.29, 1.82) is 0 Å². The van der Waals surface area contributed by atoms with E-state index in [0.717, 1.165) is 12.8 Å².